The van der Waals surface area contributed by atoms with E-state index in [0.29, 0.717) is 25.6 Å². The van der Waals surface area contributed by atoms with Gasteiger partial charge in [0.1, 0.15) is 0 Å². The summed E-state index contributed by atoms with van der Waals surface area (Å²) in [6.07, 6.45) is 19.2. The highest BCUT2D eigenvalue weighted by molar-refractivity contribution is 4.89. The predicted octanol–water partition coefficient (Wildman–Crippen LogP) is 8.14. The first kappa shape index (κ1) is 24.4. The molecule has 32 heavy (non-hydrogen) atoms. The van der Waals surface area contributed by atoms with E-state index < -0.39 is 6.08 Å². The van der Waals surface area contributed by atoms with Crippen molar-refractivity contribution < 1.29 is 18.3 Å². The predicted molar refractivity (Wildman–Crippen MR) is 125 cm³/mol. The van der Waals surface area contributed by atoms with Crippen molar-refractivity contribution in [2.24, 2.45) is 41.4 Å². The van der Waals surface area contributed by atoms with Crippen molar-refractivity contribution >= 4 is 0 Å². The second-order valence-corrected chi connectivity index (χ2v) is 11.2. The molecule has 1 heterocycles. The maximum atomic E-state index is 12.2. The molecule has 0 aromatic heterocycles. The Hall–Kier alpha value is -0.740. The minimum Gasteiger partial charge on any atom is -0.352 e. The lowest BCUT2D eigenvalue weighted by molar-refractivity contribution is -0.230. The van der Waals surface area contributed by atoms with Crippen molar-refractivity contribution in [3.63, 3.8) is 0 Å². The van der Waals surface area contributed by atoms with Crippen molar-refractivity contribution in [3.8, 4) is 0 Å². The van der Waals surface area contributed by atoms with E-state index in [4.69, 9.17) is 9.47 Å². The standard InChI is InChI=1S/C28H44F2O2/c1-2-20-6-8-22(9-7-20)23-10-12-24(13-11-23)25-14-16-26(17-15-25)28-31-18-21(19-32-28)4-3-5-27(29)30/h2,5,20-26,28H,1,3-4,6-19H2. The number of rotatable bonds is 7. The normalized spacial score (nSPS) is 41.1. The third-order valence-electron chi connectivity index (χ3n) is 9.37. The van der Waals surface area contributed by atoms with E-state index >= 15 is 0 Å². The lowest BCUT2D eigenvalue weighted by Crippen LogP contribution is -2.39. The van der Waals surface area contributed by atoms with E-state index in [1.165, 1.54) is 77.0 Å². The van der Waals surface area contributed by atoms with Crippen LogP contribution < -0.4 is 0 Å². The zero-order chi connectivity index (χ0) is 22.3. The summed E-state index contributed by atoms with van der Waals surface area (Å²) in [7, 11) is 0. The molecule has 3 aliphatic carbocycles. The summed E-state index contributed by atoms with van der Waals surface area (Å²) in [5, 5.41) is 0. The molecule has 2 nitrogen and oxygen atoms in total. The Balaban J connectivity index is 1.12. The molecule has 0 radical (unpaired) electrons. The van der Waals surface area contributed by atoms with E-state index in [-0.39, 0.29) is 12.2 Å². The Morgan fingerprint density at radius 2 is 1.12 bits per heavy atom. The van der Waals surface area contributed by atoms with Crippen LogP contribution >= 0.6 is 0 Å². The summed E-state index contributed by atoms with van der Waals surface area (Å²) in [5.74, 6) is 5.37. The zero-order valence-electron chi connectivity index (χ0n) is 19.9. The van der Waals surface area contributed by atoms with Gasteiger partial charge in [-0.2, -0.15) is 8.78 Å². The van der Waals surface area contributed by atoms with Crippen LogP contribution in [0.25, 0.3) is 0 Å². The van der Waals surface area contributed by atoms with Crippen LogP contribution in [0.15, 0.2) is 24.8 Å². The van der Waals surface area contributed by atoms with E-state index in [9.17, 15) is 8.78 Å². The average molecular weight is 451 g/mol. The SMILES string of the molecule is C=CC1CCC(C2CCC(C3CCC(C4OCC(CCC=C(F)F)CO4)CC3)CC2)CC1. The summed E-state index contributed by atoms with van der Waals surface area (Å²) in [6, 6.07) is 0. The summed E-state index contributed by atoms with van der Waals surface area (Å²) >= 11 is 0. The van der Waals surface area contributed by atoms with Gasteiger partial charge in [0.05, 0.1) is 13.2 Å². The second-order valence-electron chi connectivity index (χ2n) is 11.2. The highest BCUT2D eigenvalue weighted by atomic mass is 19.3. The quantitative estimate of drug-likeness (QED) is 0.364. The Labute approximate surface area is 194 Å². The van der Waals surface area contributed by atoms with Gasteiger partial charge in [0.25, 0.3) is 6.08 Å². The summed E-state index contributed by atoms with van der Waals surface area (Å²) in [4.78, 5) is 0. The van der Waals surface area contributed by atoms with Gasteiger partial charge in [-0.1, -0.05) is 6.08 Å². The summed E-state index contributed by atoms with van der Waals surface area (Å²) < 4.78 is 36.4. The Morgan fingerprint density at radius 3 is 1.56 bits per heavy atom. The fraction of sp³-hybridized carbons (Fsp3) is 0.857. The molecule has 3 saturated carbocycles. The number of hydrogen-bond acceptors (Lipinski definition) is 2. The minimum absolute atomic E-state index is 0.0675. The molecule has 0 atom stereocenters. The molecule has 0 amide bonds. The Bertz CT molecular complexity index is 585. The fourth-order valence-corrected chi connectivity index (χ4v) is 7.25. The molecule has 1 saturated heterocycles. The first-order valence-corrected chi connectivity index (χ1v) is 13.5. The van der Waals surface area contributed by atoms with Gasteiger partial charge in [-0.15, -0.1) is 6.58 Å². The molecule has 0 N–H and O–H groups in total. The van der Waals surface area contributed by atoms with Gasteiger partial charge in [-0.05, 0) is 126 Å². The van der Waals surface area contributed by atoms with Crippen molar-refractivity contribution in [1.29, 1.82) is 0 Å². The highest BCUT2D eigenvalue weighted by Crippen LogP contribution is 2.46. The monoisotopic (exact) mass is 450 g/mol. The third-order valence-corrected chi connectivity index (χ3v) is 9.37. The van der Waals surface area contributed by atoms with E-state index in [1.807, 2.05) is 0 Å². The van der Waals surface area contributed by atoms with Gasteiger partial charge in [-0.3, -0.25) is 0 Å². The van der Waals surface area contributed by atoms with Gasteiger partial charge < -0.3 is 9.47 Å². The summed E-state index contributed by atoms with van der Waals surface area (Å²) in [5.41, 5.74) is 0. The van der Waals surface area contributed by atoms with Crippen molar-refractivity contribution in [2.45, 2.75) is 96.2 Å². The van der Waals surface area contributed by atoms with Crippen LogP contribution in [-0.2, 0) is 9.47 Å². The molecule has 182 valence electrons. The molecule has 0 unspecified atom stereocenters. The fourth-order valence-electron chi connectivity index (χ4n) is 7.25. The molecule has 0 bridgehead atoms. The van der Waals surface area contributed by atoms with E-state index in [2.05, 4.69) is 12.7 Å². The molecule has 0 spiro atoms. The van der Waals surface area contributed by atoms with Crippen molar-refractivity contribution in [1.82, 2.24) is 0 Å². The van der Waals surface area contributed by atoms with Crippen LogP contribution in [-0.4, -0.2) is 19.5 Å². The van der Waals surface area contributed by atoms with Crippen LogP contribution in [0.3, 0.4) is 0 Å². The largest absolute Gasteiger partial charge is 0.352 e. The molecule has 4 fully saturated rings. The number of hydrogen-bond donors (Lipinski definition) is 0. The van der Waals surface area contributed by atoms with Crippen molar-refractivity contribution in [2.75, 3.05) is 13.2 Å². The number of halogens is 2. The van der Waals surface area contributed by atoms with E-state index in [1.54, 1.807) is 0 Å². The van der Waals surface area contributed by atoms with Crippen LogP contribution in [0, 0.1) is 41.4 Å². The molecule has 0 aromatic carbocycles. The van der Waals surface area contributed by atoms with Gasteiger partial charge in [-0.25, -0.2) is 0 Å². The Kier molecular flexibility index (Phi) is 9.23. The van der Waals surface area contributed by atoms with E-state index in [0.717, 1.165) is 42.1 Å². The topological polar surface area (TPSA) is 18.5 Å². The highest BCUT2D eigenvalue weighted by Gasteiger charge is 2.37. The van der Waals surface area contributed by atoms with Gasteiger partial charge in [0.2, 0.25) is 0 Å². The maximum Gasteiger partial charge on any atom is 0.266 e. The van der Waals surface area contributed by atoms with Gasteiger partial charge in [0, 0.05) is 11.8 Å². The average Bonchev–Trinajstić information content (AvgIpc) is 2.85. The summed E-state index contributed by atoms with van der Waals surface area (Å²) in [6.45, 7) is 5.31. The molecular weight excluding hydrogens is 406 g/mol. The van der Waals surface area contributed by atoms with Gasteiger partial charge >= 0.3 is 0 Å². The first-order valence-electron chi connectivity index (χ1n) is 13.5. The first-order chi connectivity index (χ1) is 15.6. The van der Waals surface area contributed by atoms with Crippen LogP contribution in [0.4, 0.5) is 8.78 Å². The van der Waals surface area contributed by atoms with Crippen LogP contribution in [0.1, 0.15) is 89.9 Å². The lowest BCUT2D eigenvalue weighted by atomic mass is 9.65. The lowest BCUT2D eigenvalue weighted by Gasteiger charge is -2.42. The second kappa shape index (κ2) is 12.1. The van der Waals surface area contributed by atoms with Crippen molar-refractivity contribution in [3.05, 3.63) is 24.8 Å². The van der Waals surface area contributed by atoms with Crippen LogP contribution in [0.2, 0.25) is 0 Å². The van der Waals surface area contributed by atoms with Gasteiger partial charge in [0.15, 0.2) is 6.29 Å². The third kappa shape index (κ3) is 6.65. The number of allylic oxidation sites excluding steroid dienone is 2. The van der Waals surface area contributed by atoms with Crippen LogP contribution in [0.5, 0.6) is 0 Å². The molecule has 1 aliphatic heterocycles. The molecule has 4 rings (SSSR count). The molecule has 0 aromatic rings. The molecule has 4 heteroatoms. The zero-order valence-corrected chi connectivity index (χ0v) is 19.9. The minimum atomic E-state index is -1.58. The Morgan fingerprint density at radius 1 is 0.688 bits per heavy atom. The smallest absolute Gasteiger partial charge is 0.266 e. The molecular formula is C28H44F2O2. The maximum absolute atomic E-state index is 12.2. The molecule has 4 aliphatic rings. The number of ether oxygens (including phenoxy) is 2.